The van der Waals surface area contributed by atoms with Gasteiger partial charge in [0.05, 0.1) is 11.7 Å². The summed E-state index contributed by atoms with van der Waals surface area (Å²) in [6, 6.07) is -0.0783. The van der Waals surface area contributed by atoms with Gasteiger partial charge in [-0.25, -0.2) is 4.98 Å². The van der Waals surface area contributed by atoms with Crippen LogP contribution in [0.1, 0.15) is 37.2 Å². The molecule has 0 saturated carbocycles. The summed E-state index contributed by atoms with van der Waals surface area (Å²) >= 11 is 0. The number of imidazole rings is 1. The molecule has 2 rings (SSSR count). The van der Waals surface area contributed by atoms with Gasteiger partial charge in [-0.15, -0.1) is 0 Å². The van der Waals surface area contributed by atoms with Crippen LogP contribution in [0.3, 0.4) is 0 Å². The first-order valence-corrected chi connectivity index (χ1v) is 5.82. The Morgan fingerprint density at radius 1 is 1.17 bits per heavy atom. The maximum absolute atomic E-state index is 5.58. The van der Waals surface area contributed by atoms with E-state index in [9.17, 15) is 0 Å². The van der Waals surface area contributed by atoms with E-state index in [1.54, 1.807) is 0 Å². The number of rotatable bonds is 3. The lowest BCUT2D eigenvalue weighted by Gasteiger charge is -2.13. The summed E-state index contributed by atoms with van der Waals surface area (Å²) in [7, 11) is 0. The van der Waals surface area contributed by atoms with E-state index in [4.69, 9.17) is 11.5 Å². The summed E-state index contributed by atoms with van der Waals surface area (Å²) in [5.74, 6) is 1.73. The molecule has 18 heavy (non-hydrogen) atoms. The van der Waals surface area contributed by atoms with E-state index in [2.05, 4.69) is 26.9 Å². The number of aryl methyl sites for hydroxylation is 2. The first kappa shape index (κ1) is 12.3. The molecule has 0 aliphatic rings. The third-order valence-electron chi connectivity index (χ3n) is 2.81. The van der Waals surface area contributed by atoms with Crippen LogP contribution in [0.15, 0.2) is 6.20 Å². The molecule has 2 aromatic heterocycles. The molecule has 2 heterocycles. The van der Waals surface area contributed by atoms with Crippen LogP contribution in [0, 0.1) is 6.92 Å². The van der Waals surface area contributed by atoms with Crippen molar-refractivity contribution in [3.05, 3.63) is 23.5 Å². The summed E-state index contributed by atoms with van der Waals surface area (Å²) in [4.78, 5) is 16.4. The molecule has 1 unspecified atom stereocenters. The highest BCUT2D eigenvalue weighted by molar-refractivity contribution is 5.27. The fourth-order valence-corrected chi connectivity index (χ4v) is 1.85. The van der Waals surface area contributed by atoms with Gasteiger partial charge >= 0.3 is 0 Å². The minimum absolute atomic E-state index is 0.0783. The molecular weight excluding hydrogens is 230 g/mol. The molecule has 7 nitrogen and oxygen atoms in total. The Bertz CT molecular complexity index is 540. The lowest BCUT2D eigenvalue weighted by Crippen LogP contribution is -2.14. The molecule has 0 aliphatic carbocycles. The number of nitrogens with two attached hydrogens (primary N) is 2. The maximum Gasteiger partial charge on any atom is 0.225 e. The second-order valence-electron chi connectivity index (χ2n) is 4.13. The molecule has 2 aromatic rings. The smallest absolute Gasteiger partial charge is 0.225 e. The zero-order chi connectivity index (χ0) is 13.3. The summed E-state index contributed by atoms with van der Waals surface area (Å²) in [5.41, 5.74) is 12.2. The second-order valence-corrected chi connectivity index (χ2v) is 4.13. The van der Waals surface area contributed by atoms with Crippen molar-refractivity contribution in [1.29, 1.82) is 0 Å². The van der Waals surface area contributed by atoms with Crippen LogP contribution in [-0.4, -0.2) is 24.5 Å². The molecule has 0 saturated heterocycles. The largest absolute Gasteiger partial charge is 0.368 e. The number of hydrogen-bond donors (Lipinski definition) is 2. The fourth-order valence-electron chi connectivity index (χ4n) is 1.85. The van der Waals surface area contributed by atoms with Gasteiger partial charge in [0.25, 0.3) is 0 Å². The van der Waals surface area contributed by atoms with Crippen LogP contribution in [0.5, 0.6) is 0 Å². The van der Waals surface area contributed by atoms with Gasteiger partial charge in [-0.3, -0.25) is 0 Å². The third-order valence-corrected chi connectivity index (χ3v) is 2.81. The monoisotopic (exact) mass is 247 g/mol. The van der Waals surface area contributed by atoms with Gasteiger partial charge in [0.2, 0.25) is 11.9 Å². The maximum atomic E-state index is 5.58. The van der Waals surface area contributed by atoms with E-state index < -0.39 is 0 Å². The molecule has 96 valence electrons. The molecule has 7 heteroatoms. The predicted molar refractivity (Wildman–Crippen MR) is 68.8 cm³/mol. The topological polar surface area (TPSA) is 109 Å². The number of aromatic nitrogens is 5. The number of anilines is 2. The zero-order valence-electron chi connectivity index (χ0n) is 10.8. The molecule has 0 aliphatic heterocycles. The van der Waals surface area contributed by atoms with E-state index in [1.807, 2.05) is 24.6 Å². The van der Waals surface area contributed by atoms with Crippen LogP contribution < -0.4 is 11.5 Å². The molecule has 0 spiro atoms. The highest BCUT2D eigenvalue weighted by atomic mass is 15.2. The van der Waals surface area contributed by atoms with Crippen LogP contribution in [0.4, 0.5) is 11.9 Å². The average Bonchev–Trinajstić information content (AvgIpc) is 2.68. The third kappa shape index (κ3) is 2.24. The average molecular weight is 247 g/mol. The molecule has 0 fully saturated rings. The summed E-state index contributed by atoms with van der Waals surface area (Å²) in [6.07, 6.45) is 2.89. The Kier molecular flexibility index (Phi) is 3.14. The first-order chi connectivity index (χ1) is 8.51. The van der Waals surface area contributed by atoms with E-state index in [0.29, 0.717) is 5.82 Å². The van der Waals surface area contributed by atoms with E-state index in [1.165, 1.54) is 0 Å². The quantitative estimate of drug-likeness (QED) is 0.827. The Labute approximate surface area is 105 Å². The SMILES string of the molecule is CCc1cn(C(C)c2nc(N)nc(N)n2)c(C)n1. The van der Waals surface area contributed by atoms with Gasteiger partial charge in [-0.1, -0.05) is 6.92 Å². The number of nitrogens with zero attached hydrogens (tertiary/aromatic N) is 5. The zero-order valence-corrected chi connectivity index (χ0v) is 10.8. The lowest BCUT2D eigenvalue weighted by atomic mass is 10.3. The highest BCUT2D eigenvalue weighted by Gasteiger charge is 2.15. The molecule has 0 aromatic carbocycles. The van der Waals surface area contributed by atoms with E-state index in [0.717, 1.165) is 17.9 Å². The molecule has 0 radical (unpaired) electrons. The van der Waals surface area contributed by atoms with Crippen LogP contribution in [0.25, 0.3) is 0 Å². The molecular formula is C11H17N7. The minimum Gasteiger partial charge on any atom is -0.368 e. The van der Waals surface area contributed by atoms with Gasteiger partial charge in [0, 0.05) is 6.20 Å². The van der Waals surface area contributed by atoms with Crippen molar-refractivity contribution >= 4 is 11.9 Å². The van der Waals surface area contributed by atoms with Gasteiger partial charge in [0.1, 0.15) is 5.82 Å². The Morgan fingerprint density at radius 3 is 2.28 bits per heavy atom. The van der Waals surface area contributed by atoms with Gasteiger partial charge in [0.15, 0.2) is 5.82 Å². The normalized spacial score (nSPS) is 12.6. The van der Waals surface area contributed by atoms with E-state index in [-0.39, 0.29) is 17.9 Å². The molecule has 0 amide bonds. The van der Waals surface area contributed by atoms with Gasteiger partial charge in [-0.05, 0) is 20.3 Å². The van der Waals surface area contributed by atoms with Crippen molar-refractivity contribution in [3.63, 3.8) is 0 Å². The first-order valence-electron chi connectivity index (χ1n) is 5.82. The number of nitrogen functional groups attached to an aromatic ring is 2. The van der Waals surface area contributed by atoms with Gasteiger partial charge < -0.3 is 16.0 Å². The van der Waals surface area contributed by atoms with Crippen molar-refractivity contribution in [2.45, 2.75) is 33.2 Å². The summed E-state index contributed by atoms with van der Waals surface area (Å²) in [6.45, 7) is 5.99. The Balaban J connectivity index is 2.40. The lowest BCUT2D eigenvalue weighted by molar-refractivity contribution is 0.582. The van der Waals surface area contributed by atoms with Crippen molar-refractivity contribution in [2.24, 2.45) is 0 Å². The Hall–Kier alpha value is -2.18. The standard InChI is InChI=1S/C11H17N7/c1-4-8-5-18(7(3)14-8)6(2)9-15-10(12)17-11(13)16-9/h5-6H,4H2,1-3H3,(H4,12,13,15,16,17). The highest BCUT2D eigenvalue weighted by Crippen LogP contribution is 2.18. The van der Waals surface area contributed by atoms with E-state index >= 15 is 0 Å². The van der Waals surface area contributed by atoms with Crippen LogP contribution in [-0.2, 0) is 6.42 Å². The fraction of sp³-hybridized carbons (Fsp3) is 0.455. The van der Waals surface area contributed by atoms with Crippen molar-refractivity contribution < 1.29 is 0 Å². The van der Waals surface area contributed by atoms with Crippen molar-refractivity contribution in [2.75, 3.05) is 11.5 Å². The van der Waals surface area contributed by atoms with Crippen molar-refractivity contribution in [1.82, 2.24) is 24.5 Å². The molecule has 4 N–H and O–H groups in total. The minimum atomic E-state index is -0.0783. The van der Waals surface area contributed by atoms with Crippen LogP contribution in [0.2, 0.25) is 0 Å². The van der Waals surface area contributed by atoms with Crippen molar-refractivity contribution in [3.8, 4) is 0 Å². The Morgan fingerprint density at radius 2 is 1.78 bits per heavy atom. The predicted octanol–water partition coefficient (Wildman–Crippen LogP) is 0.713. The summed E-state index contributed by atoms with van der Waals surface area (Å²) < 4.78 is 2.01. The van der Waals surface area contributed by atoms with Crippen LogP contribution >= 0.6 is 0 Å². The molecule has 0 bridgehead atoms. The summed E-state index contributed by atoms with van der Waals surface area (Å²) in [5, 5.41) is 0. The number of hydrogen-bond acceptors (Lipinski definition) is 6. The molecule has 1 atom stereocenters. The second kappa shape index (κ2) is 4.59. The van der Waals surface area contributed by atoms with Gasteiger partial charge in [-0.2, -0.15) is 15.0 Å².